The lowest BCUT2D eigenvalue weighted by molar-refractivity contribution is 0.283. The van der Waals surface area contributed by atoms with E-state index in [1.165, 1.54) is 55.2 Å². The summed E-state index contributed by atoms with van der Waals surface area (Å²) in [6.45, 7) is 0. The molecule has 0 atom stereocenters. The summed E-state index contributed by atoms with van der Waals surface area (Å²) in [7, 11) is 0. The molecule has 5 heteroatoms. The van der Waals surface area contributed by atoms with E-state index >= 15 is 0 Å². The zero-order valence-electron chi connectivity index (χ0n) is 23.1. The minimum absolute atomic E-state index is 0.0581. The van der Waals surface area contributed by atoms with Crippen molar-refractivity contribution in [3.8, 4) is 11.1 Å². The summed E-state index contributed by atoms with van der Waals surface area (Å²) in [5.41, 5.74) is 5.22. The second kappa shape index (κ2) is 12.3. The second-order valence-electron chi connectivity index (χ2n) is 11.0. The monoisotopic (exact) mass is 602 g/mol. The largest absolute Gasteiger partial charge is 0.361 e. The minimum atomic E-state index is 0.0581. The molecular weight excluding hydrogens is 568 g/mol. The third kappa shape index (κ3) is 6.20. The van der Waals surface area contributed by atoms with Gasteiger partial charge in [0.15, 0.2) is 0 Å². The topological polar surface area (TPSA) is 49.8 Å². The molecule has 2 heterocycles. The van der Waals surface area contributed by atoms with Crippen molar-refractivity contribution in [3.05, 3.63) is 143 Å². The SMILES string of the molecule is Brc1ccc(NC2(c3ccccc3)CCC2)nc1.c1ccc(-c2ccc(NC3(c4ccccc4)CCC3)nc2)cc1. The lowest BCUT2D eigenvalue weighted by Gasteiger charge is -2.43. The van der Waals surface area contributed by atoms with Crippen molar-refractivity contribution in [2.24, 2.45) is 0 Å². The summed E-state index contributed by atoms with van der Waals surface area (Å²) < 4.78 is 1.01. The zero-order valence-corrected chi connectivity index (χ0v) is 24.7. The van der Waals surface area contributed by atoms with Gasteiger partial charge in [0.05, 0.1) is 11.1 Å². The molecule has 0 bridgehead atoms. The van der Waals surface area contributed by atoms with Gasteiger partial charge in [-0.15, -0.1) is 0 Å². The van der Waals surface area contributed by atoms with E-state index in [2.05, 4.69) is 134 Å². The van der Waals surface area contributed by atoms with Crippen molar-refractivity contribution in [1.82, 2.24) is 9.97 Å². The summed E-state index contributed by atoms with van der Waals surface area (Å²) in [5.74, 6) is 1.90. The molecule has 2 aliphatic rings. The molecule has 0 spiro atoms. The maximum absolute atomic E-state index is 4.64. The molecule has 0 radical (unpaired) electrons. The van der Waals surface area contributed by atoms with Crippen molar-refractivity contribution in [2.45, 2.75) is 49.6 Å². The van der Waals surface area contributed by atoms with Crippen LogP contribution in [-0.2, 0) is 11.1 Å². The summed E-state index contributed by atoms with van der Waals surface area (Å²) in [5, 5.41) is 7.28. The van der Waals surface area contributed by atoms with E-state index in [-0.39, 0.29) is 11.1 Å². The molecule has 2 aromatic heterocycles. The van der Waals surface area contributed by atoms with Gasteiger partial charge in [0.1, 0.15) is 11.6 Å². The number of rotatable bonds is 7. The van der Waals surface area contributed by atoms with Crippen LogP contribution >= 0.6 is 15.9 Å². The number of pyridine rings is 2. The van der Waals surface area contributed by atoms with E-state index in [0.717, 1.165) is 21.7 Å². The zero-order chi connectivity index (χ0) is 28.0. The maximum Gasteiger partial charge on any atom is 0.126 e. The van der Waals surface area contributed by atoms with Crippen LogP contribution in [0.2, 0.25) is 0 Å². The molecule has 0 aliphatic heterocycles. The number of aromatic nitrogens is 2. The van der Waals surface area contributed by atoms with Crippen molar-refractivity contribution < 1.29 is 0 Å². The van der Waals surface area contributed by atoms with Crippen molar-refractivity contribution in [1.29, 1.82) is 0 Å². The molecule has 2 aliphatic carbocycles. The number of halogens is 1. The van der Waals surface area contributed by atoms with Crippen LogP contribution in [0.3, 0.4) is 0 Å². The van der Waals surface area contributed by atoms with E-state index in [0.29, 0.717) is 0 Å². The van der Waals surface area contributed by atoms with Crippen LogP contribution in [0.15, 0.2) is 132 Å². The predicted octanol–water partition coefficient (Wildman–Crippen LogP) is 9.58. The number of anilines is 2. The van der Waals surface area contributed by atoms with Gasteiger partial charge in [-0.3, -0.25) is 0 Å². The van der Waals surface area contributed by atoms with Gasteiger partial charge in [-0.1, -0.05) is 91.0 Å². The van der Waals surface area contributed by atoms with E-state index in [1.54, 1.807) is 0 Å². The summed E-state index contributed by atoms with van der Waals surface area (Å²) in [6, 6.07) is 40.0. The Kier molecular flexibility index (Phi) is 8.15. The lowest BCUT2D eigenvalue weighted by atomic mass is 9.72. The summed E-state index contributed by atoms with van der Waals surface area (Å²) in [4.78, 5) is 9.05. The van der Waals surface area contributed by atoms with Gasteiger partial charge in [0.25, 0.3) is 0 Å². The molecule has 3 aromatic carbocycles. The quantitative estimate of drug-likeness (QED) is 0.195. The normalized spacial score (nSPS) is 16.2. The first-order valence-corrected chi connectivity index (χ1v) is 15.2. The third-order valence-electron chi connectivity index (χ3n) is 8.40. The number of nitrogens with one attached hydrogen (secondary N) is 2. The van der Waals surface area contributed by atoms with Gasteiger partial charge in [0, 0.05) is 22.4 Å². The Labute approximate surface area is 251 Å². The van der Waals surface area contributed by atoms with E-state index in [1.807, 2.05) is 30.6 Å². The van der Waals surface area contributed by atoms with Crippen LogP contribution < -0.4 is 10.6 Å². The van der Waals surface area contributed by atoms with Gasteiger partial charge in [-0.05, 0) is 95.4 Å². The Morgan fingerprint density at radius 1 is 0.488 bits per heavy atom. The van der Waals surface area contributed by atoms with Gasteiger partial charge >= 0.3 is 0 Å². The molecule has 206 valence electrons. The number of benzene rings is 3. The highest BCUT2D eigenvalue weighted by molar-refractivity contribution is 9.10. The van der Waals surface area contributed by atoms with E-state index < -0.39 is 0 Å². The highest BCUT2D eigenvalue weighted by Crippen LogP contribution is 2.44. The highest BCUT2D eigenvalue weighted by atomic mass is 79.9. The predicted molar refractivity (Wildman–Crippen MR) is 173 cm³/mol. The maximum atomic E-state index is 4.64. The van der Waals surface area contributed by atoms with Crippen LogP contribution in [0, 0.1) is 0 Å². The van der Waals surface area contributed by atoms with Gasteiger partial charge in [-0.2, -0.15) is 0 Å². The first-order valence-electron chi connectivity index (χ1n) is 14.4. The molecule has 2 fully saturated rings. The Morgan fingerprint density at radius 3 is 1.34 bits per heavy atom. The van der Waals surface area contributed by atoms with Crippen LogP contribution in [0.1, 0.15) is 49.7 Å². The number of nitrogens with zero attached hydrogens (tertiary/aromatic N) is 2. The average molecular weight is 604 g/mol. The molecule has 41 heavy (non-hydrogen) atoms. The van der Waals surface area contributed by atoms with Crippen LogP contribution in [0.4, 0.5) is 11.6 Å². The second-order valence-corrected chi connectivity index (χ2v) is 11.9. The number of hydrogen-bond acceptors (Lipinski definition) is 4. The van der Waals surface area contributed by atoms with Gasteiger partial charge in [0.2, 0.25) is 0 Å². The summed E-state index contributed by atoms with van der Waals surface area (Å²) >= 11 is 3.41. The van der Waals surface area contributed by atoms with Crippen molar-refractivity contribution >= 4 is 27.6 Å². The molecule has 5 aromatic rings. The van der Waals surface area contributed by atoms with E-state index in [4.69, 9.17) is 0 Å². The molecule has 2 N–H and O–H groups in total. The molecular formula is C36H35BrN4. The third-order valence-corrected chi connectivity index (χ3v) is 8.87. The first kappa shape index (κ1) is 27.2. The van der Waals surface area contributed by atoms with Crippen LogP contribution in [0.5, 0.6) is 0 Å². The van der Waals surface area contributed by atoms with E-state index in [9.17, 15) is 0 Å². The Bertz CT molecular complexity index is 1510. The Morgan fingerprint density at radius 2 is 0.951 bits per heavy atom. The average Bonchev–Trinajstić information content (AvgIpc) is 3.00. The Balaban J connectivity index is 0.000000152. The fourth-order valence-corrected chi connectivity index (χ4v) is 5.99. The van der Waals surface area contributed by atoms with Crippen molar-refractivity contribution in [2.75, 3.05) is 10.6 Å². The number of hydrogen-bond donors (Lipinski definition) is 2. The smallest absolute Gasteiger partial charge is 0.126 e. The van der Waals surface area contributed by atoms with Crippen LogP contribution in [0.25, 0.3) is 11.1 Å². The molecule has 0 unspecified atom stereocenters. The molecule has 7 rings (SSSR count). The first-order chi connectivity index (χ1) is 20.1. The minimum Gasteiger partial charge on any atom is -0.361 e. The molecule has 0 amide bonds. The fourth-order valence-electron chi connectivity index (χ4n) is 5.76. The lowest BCUT2D eigenvalue weighted by Crippen LogP contribution is -2.42. The fraction of sp³-hybridized carbons (Fsp3) is 0.222. The molecule has 2 saturated carbocycles. The standard InChI is InChI=1S/C21H20N2.C15H15BrN2/c1-3-8-17(9-4-1)18-12-13-20(22-16-18)23-21(14-7-15-21)19-10-5-2-6-11-19;16-13-7-8-14(17-11-13)18-15(9-4-10-15)12-5-2-1-3-6-12/h1-6,8-13,16H,7,14-15H2,(H,22,23);1-3,5-8,11H,4,9-10H2,(H,17,18). The molecule has 4 nitrogen and oxygen atoms in total. The van der Waals surface area contributed by atoms with Gasteiger partial charge < -0.3 is 10.6 Å². The molecule has 0 saturated heterocycles. The summed E-state index contributed by atoms with van der Waals surface area (Å²) in [6.07, 6.45) is 11.0. The van der Waals surface area contributed by atoms with Crippen LogP contribution in [-0.4, -0.2) is 9.97 Å². The Hall–Kier alpha value is -3.96. The highest BCUT2D eigenvalue weighted by Gasteiger charge is 2.39. The van der Waals surface area contributed by atoms with Crippen molar-refractivity contribution in [3.63, 3.8) is 0 Å². The van der Waals surface area contributed by atoms with Gasteiger partial charge in [-0.25, -0.2) is 9.97 Å².